The Labute approximate surface area is 111 Å². The highest BCUT2D eigenvalue weighted by Crippen LogP contribution is 2.17. The SMILES string of the molecule is CCCNc1ccc(S(=O)(=O)Nc2ccon2)cc1. The lowest BCUT2D eigenvalue weighted by molar-refractivity contribution is 0.423. The van der Waals surface area contributed by atoms with Crippen molar-refractivity contribution in [1.29, 1.82) is 0 Å². The predicted molar refractivity (Wildman–Crippen MR) is 72.5 cm³/mol. The summed E-state index contributed by atoms with van der Waals surface area (Å²) in [5.74, 6) is 0.160. The van der Waals surface area contributed by atoms with E-state index in [1.807, 2.05) is 0 Å². The van der Waals surface area contributed by atoms with Crippen molar-refractivity contribution in [3.8, 4) is 0 Å². The number of nitrogens with one attached hydrogen (secondary N) is 2. The first kappa shape index (κ1) is 13.4. The summed E-state index contributed by atoms with van der Waals surface area (Å²) in [6.45, 7) is 2.91. The molecule has 0 fully saturated rings. The summed E-state index contributed by atoms with van der Waals surface area (Å²) in [5.41, 5.74) is 0.891. The Balaban J connectivity index is 2.12. The van der Waals surface area contributed by atoms with Crippen LogP contribution in [0.3, 0.4) is 0 Å². The van der Waals surface area contributed by atoms with Crippen molar-refractivity contribution in [1.82, 2.24) is 5.16 Å². The Bertz CT molecular complexity index is 606. The van der Waals surface area contributed by atoms with Gasteiger partial charge < -0.3 is 9.84 Å². The molecule has 0 bridgehead atoms. The van der Waals surface area contributed by atoms with E-state index in [0.29, 0.717) is 0 Å². The summed E-state index contributed by atoms with van der Waals surface area (Å²) < 4.78 is 30.9. The predicted octanol–water partition coefficient (Wildman–Crippen LogP) is 2.30. The van der Waals surface area contributed by atoms with Crippen LogP contribution in [0.2, 0.25) is 0 Å². The van der Waals surface area contributed by atoms with Crippen LogP contribution in [0.1, 0.15) is 13.3 Å². The molecular weight excluding hydrogens is 266 g/mol. The first-order valence-electron chi connectivity index (χ1n) is 5.89. The summed E-state index contributed by atoms with van der Waals surface area (Å²) in [4.78, 5) is 0.178. The second kappa shape index (κ2) is 5.75. The highest BCUT2D eigenvalue weighted by Gasteiger charge is 2.15. The van der Waals surface area contributed by atoms with Crippen LogP contribution >= 0.6 is 0 Å². The zero-order valence-corrected chi connectivity index (χ0v) is 11.3. The molecule has 1 aromatic carbocycles. The maximum Gasteiger partial charge on any atom is 0.263 e. The van der Waals surface area contributed by atoms with Gasteiger partial charge in [-0.2, -0.15) is 0 Å². The van der Waals surface area contributed by atoms with Crippen molar-refractivity contribution in [2.45, 2.75) is 18.2 Å². The zero-order valence-electron chi connectivity index (χ0n) is 10.5. The fourth-order valence-corrected chi connectivity index (χ4v) is 2.48. The topological polar surface area (TPSA) is 84.2 Å². The summed E-state index contributed by atoms with van der Waals surface area (Å²) in [7, 11) is -3.62. The normalized spacial score (nSPS) is 11.2. The number of anilines is 2. The molecule has 2 rings (SSSR count). The van der Waals surface area contributed by atoms with Crippen LogP contribution in [0, 0.1) is 0 Å². The summed E-state index contributed by atoms with van der Waals surface area (Å²) >= 11 is 0. The maximum atomic E-state index is 12.0. The molecule has 6 nitrogen and oxygen atoms in total. The quantitative estimate of drug-likeness (QED) is 0.848. The molecule has 0 unspecified atom stereocenters. The van der Waals surface area contributed by atoms with Crippen molar-refractivity contribution in [2.75, 3.05) is 16.6 Å². The van der Waals surface area contributed by atoms with Gasteiger partial charge in [0.1, 0.15) is 6.26 Å². The smallest absolute Gasteiger partial charge is 0.263 e. The Morgan fingerprint density at radius 2 is 1.95 bits per heavy atom. The van der Waals surface area contributed by atoms with E-state index >= 15 is 0 Å². The van der Waals surface area contributed by atoms with E-state index in [2.05, 4.69) is 26.6 Å². The number of nitrogens with zero attached hydrogens (tertiary/aromatic N) is 1. The van der Waals surface area contributed by atoms with Crippen molar-refractivity contribution in [2.24, 2.45) is 0 Å². The summed E-state index contributed by atoms with van der Waals surface area (Å²) in [6, 6.07) is 7.98. The fraction of sp³-hybridized carbons (Fsp3) is 0.250. The zero-order chi connectivity index (χ0) is 13.7. The van der Waals surface area contributed by atoms with E-state index in [1.54, 1.807) is 24.3 Å². The van der Waals surface area contributed by atoms with Gasteiger partial charge in [-0.15, -0.1) is 0 Å². The molecule has 0 aliphatic rings. The second-order valence-electron chi connectivity index (χ2n) is 3.94. The molecule has 1 aromatic heterocycles. The number of aromatic nitrogens is 1. The van der Waals surface area contributed by atoms with E-state index in [9.17, 15) is 8.42 Å². The highest BCUT2D eigenvalue weighted by atomic mass is 32.2. The lowest BCUT2D eigenvalue weighted by Crippen LogP contribution is -2.13. The minimum absolute atomic E-state index is 0.160. The van der Waals surface area contributed by atoms with Crippen LogP contribution in [0.5, 0.6) is 0 Å². The molecule has 1 heterocycles. The molecule has 0 aliphatic heterocycles. The van der Waals surface area contributed by atoms with E-state index in [1.165, 1.54) is 12.3 Å². The maximum absolute atomic E-state index is 12.0. The van der Waals surface area contributed by atoms with Crippen LogP contribution in [0.15, 0.2) is 46.0 Å². The van der Waals surface area contributed by atoms with E-state index < -0.39 is 10.0 Å². The van der Waals surface area contributed by atoms with Gasteiger partial charge in [0.05, 0.1) is 4.90 Å². The van der Waals surface area contributed by atoms with Crippen molar-refractivity contribution in [3.05, 3.63) is 36.6 Å². The first-order chi connectivity index (χ1) is 9.12. The molecule has 102 valence electrons. The fourth-order valence-electron chi connectivity index (χ4n) is 1.48. The molecule has 19 heavy (non-hydrogen) atoms. The molecule has 2 N–H and O–H groups in total. The molecule has 0 radical (unpaired) electrons. The number of hydrogen-bond acceptors (Lipinski definition) is 5. The van der Waals surface area contributed by atoms with Crippen LogP contribution in [-0.2, 0) is 10.0 Å². The van der Waals surface area contributed by atoms with Gasteiger partial charge in [-0.25, -0.2) is 8.42 Å². The van der Waals surface area contributed by atoms with Gasteiger partial charge >= 0.3 is 0 Å². The van der Waals surface area contributed by atoms with Gasteiger partial charge in [0.25, 0.3) is 10.0 Å². The Morgan fingerprint density at radius 3 is 2.53 bits per heavy atom. The minimum Gasteiger partial charge on any atom is -0.385 e. The average Bonchev–Trinajstić information content (AvgIpc) is 2.89. The lowest BCUT2D eigenvalue weighted by Gasteiger charge is -2.07. The van der Waals surface area contributed by atoms with Crippen molar-refractivity contribution in [3.63, 3.8) is 0 Å². The molecule has 0 aliphatic carbocycles. The number of sulfonamides is 1. The molecule has 0 spiro atoms. The van der Waals surface area contributed by atoms with Crippen LogP contribution < -0.4 is 10.0 Å². The van der Waals surface area contributed by atoms with Crippen molar-refractivity contribution < 1.29 is 12.9 Å². The largest absolute Gasteiger partial charge is 0.385 e. The van der Waals surface area contributed by atoms with Crippen LogP contribution in [0.25, 0.3) is 0 Å². The molecule has 0 saturated heterocycles. The molecule has 2 aromatic rings. The highest BCUT2D eigenvalue weighted by molar-refractivity contribution is 7.92. The Morgan fingerprint density at radius 1 is 1.21 bits per heavy atom. The monoisotopic (exact) mass is 281 g/mol. The molecule has 7 heteroatoms. The molecule has 0 amide bonds. The van der Waals surface area contributed by atoms with Crippen molar-refractivity contribution >= 4 is 21.5 Å². The van der Waals surface area contributed by atoms with Gasteiger partial charge in [-0.05, 0) is 30.7 Å². The summed E-state index contributed by atoms with van der Waals surface area (Å²) in [6.07, 6.45) is 2.31. The third kappa shape index (κ3) is 3.47. The standard InChI is InChI=1S/C12H15N3O3S/c1-2-8-13-10-3-5-11(6-4-10)19(16,17)15-12-7-9-18-14-12/h3-7,9,13H,2,8H2,1H3,(H,14,15). The van der Waals surface area contributed by atoms with Crippen LogP contribution in [0.4, 0.5) is 11.5 Å². The summed E-state index contributed by atoms with van der Waals surface area (Å²) in [5, 5.41) is 6.68. The van der Waals surface area contributed by atoms with Crippen LogP contribution in [-0.4, -0.2) is 20.1 Å². The first-order valence-corrected chi connectivity index (χ1v) is 7.37. The van der Waals surface area contributed by atoms with E-state index in [4.69, 9.17) is 0 Å². The second-order valence-corrected chi connectivity index (χ2v) is 5.62. The molecule has 0 atom stereocenters. The number of benzene rings is 1. The van der Waals surface area contributed by atoms with Gasteiger partial charge in [0.15, 0.2) is 5.82 Å². The Kier molecular flexibility index (Phi) is 4.06. The van der Waals surface area contributed by atoms with Gasteiger partial charge in [0, 0.05) is 18.3 Å². The average molecular weight is 281 g/mol. The lowest BCUT2D eigenvalue weighted by atomic mass is 10.3. The minimum atomic E-state index is -3.62. The van der Waals surface area contributed by atoms with Gasteiger partial charge in [-0.1, -0.05) is 12.1 Å². The van der Waals surface area contributed by atoms with Gasteiger partial charge in [-0.3, -0.25) is 4.72 Å². The number of hydrogen-bond donors (Lipinski definition) is 2. The Hall–Kier alpha value is -2.02. The third-order valence-corrected chi connectivity index (χ3v) is 3.79. The molecular formula is C12H15N3O3S. The van der Waals surface area contributed by atoms with Gasteiger partial charge in [0.2, 0.25) is 0 Å². The number of rotatable bonds is 6. The van der Waals surface area contributed by atoms with E-state index in [-0.39, 0.29) is 10.7 Å². The third-order valence-electron chi connectivity index (χ3n) is 2.42. The molecule has 0 saturated carbocycles. The van der Waals surface area contributed by atoms with E-state index in [0.717, 1.165) is 18.7 Å².